The number of benzene rings is 2. The minimum Gasteiger partial charge on any atom is -0.382 e. The summed E-state index contributed by atoms with van der Waals surface area (Å²) in [5, 5.41) is 4.44. The standard InChI is InChI=1S/C20H14F4N6O/c21-15-8-4-12(20(22,23)24)9-16(15)30-19(31)29-13-5-1-11(2-6-13)3-7-14-17(25)27-10-28-18(14)26/h1-2,4-6,8-10H,(H2,29,30,31)(H4,25,26,27,28). The van der Waals surface area contributed by atoms with Gasteiger partial charge in [-0.1, -0.05) is 11.8 Å². The molecule has 158 valence electrons. The number of alkyl halides is 3. The van der Waals surface area contributed by atoms with Crippen molar-refractivity contribution >= 4 is 29.0 Å². The Bertz CT molecular complexity index is 1160. The molecule has 0 spiro atoms. The van der Waals surface area contributed by atoms with Gasteiger partial charge in [0.15, 0.2) is 0 Å². The van der Waals surface area contributed by atoms with Gasteiger partial charge in [-0.05, 0) is 42.5 Å². The summed E-state index contributed by atoms with van der Waals surface area (Å²) in [6, 6.07) is 6.95. The molecule has 0 aliphatic heterocycles. The summed E-state index contributed by atoms with van der Waals surface area (Å²) >= 11 is 0. The molecule has 1 aromatic heterocycles. The maximum absolute atomic E-state index is 13.7. The van der Waals surface area contributed by atoms with Crippen LogP contribution in [-0.2, 0) is 6.18 Å². The molecule has 0 saturated heterocycles. The molecule has 0 aliphatic rings. The Morgan fingerprint density at radius 3 is 2.19 bits per heavy atom. The molecule has 0 unspecified atom stereocenters. The highest BCUT2D eigenvalue weighted by Crippen LogP contribution is 2.31. The fourth-order valence-corrected chi connectivity index (χ4v) is 2.40. The van der Waals surface area contributed by atoms with E-state index in [0.717, 1.165) is 0 Å². The van der Waals surface area contributed by atoms with E-state index >= 15 is 0 Å². The molecule has 3 aromatic rings. The first-order chi connectivity index (χ1) is 14.6. The van der Waals surface area contributed by atoms with Crippen LogP contribution in [0.3, 0.4) is 0 Å². The molecule has 0 bridgehead atoms. The number of nitrogen functional groups attached to an aromatic ring is 2. The molecule has 0 aliphatic carbocycles. The van der Waals surface area contributed by atoms with Crippen LogP contribution >= 0.6 is 0 Å². The SMILES string of the molecule is Nc1ncnc(N)c1C#Cc1ccc(NC(=O)Nc2cc(C(F)(F)F)ccc2F)cc1. The second-order valence-corrected chi connectivity index (χ2v) is 6.12. The third-order valence-corrected chi connectivity index (χ3v) is 3.92. The van der Waals surface area contributed by atoms with Gasteiger partial charge in [-0.15, -0.1) is 0 Å². The zero-order valence-electron chi connectivity index (χ0n) is 15.6. The number of carbonyl (C=O) groups is 1. The first kappa shape index (κ1) is 21.4. The van der Waals surface area contributed by atoms with Crippen molar-refractivity contribution in [2.45, 2.75) is 6.18 Å². The number of amides is 2. The summed E-state index contributed by atoms with van der Waals surface area (Å²) in [4.78, 5) is 19.6. The first-order valence-electron chi connectivity index (χ1n) is 8.56. The van der Waals surface area contributed by atoms with Crippen LogP contribution in [0.5, 0.6) is 0 Å². The average Bonchev–Trinajstić information content (AvgIpc) is 2.69. The van der Waals surface area contributed by atoms with E-state index in [9.17, 15) is 22.4 Å². The van der Waals surface area contributed by atoms with Crippen molar-refractivity contribution in [2.24, 2.45) is 0 Å². The van der Waals surface area contributed by atoms with E-state index in [0.29, 0.717) is 29.4 Å². The number of rotatable bonds is 2. The predicted octanol–water partition coefficient (Wildman–Crippen LogP) is 3.84. The summed E-state index contributed by atoms with van der Waals surface area (Å²) in [6.45, 7) is 0. The third-order valence-electron chi connectivity index (χ3n) is 3.92. The average molecular weight is 430 g/mol. The van der Waals surface area contributed by atoms with E-state index < -0.39 is 29.3 Å². The highest BCUT2D eigenvalue weighted by atomic mass is 19.4. The monoisotopic (exact) mass is 430 g/mol. The van der Waals surface area contributed by atoms with E-state index in [1.54, 1.807) is 12.1 Å². The van der Waals surface area contributed by atoms with Gasteiger partial charge in [-0.3, -0.25) is 0 Å². The number of anilines is 4. The zero-order valence-corrected chi connectivity index (χ0v) is 15.6. The van der Waals surface area contributed by atoms with Crippen LogP contribution in [0.15, 0.2) is 48.8 Å². The highest BCUT2D eigenvalue weighted by molar-refractivity contribution is 5.99. The Morgan fingerprint density at radius 2 is 1.58 bits per heavy atom. The van der Waals surface area contributed by atoms with Crippen molar-refractivity contribution in [1.29, 1.82) is 0 Å². The van der Waals surface area contributed by atoms with Crippen molar-refractivity contribution in [1.82, 2.24) is 9.97 Å². The number of aromatic nitrogens is 2. The molecule has 6 N–H and O–H groups in total. The van der Waals surface area contributed by atoms with Crippen LogP contribution in [0.4, 0.5) is 45.4 Å². The zero-order chi connectivity index (χ0) is 22.6. The molecule has 7 nitrogen and oxygen atoms in total. The summed E-state index contributed by atoms with van der Waals surface area (Å²) < 4.78 is 52.0. The van der Waals surface area contributed by atoms with E-state index in [4.69, 9.17) is 11.5 Å². The molecule has 0 radical (unpaired) electrons. The maximum atomic E-state index is 13.7. The minimum atomic E-state index is -4.67. The van der Waals surface area contributed by atoms with Crippen LogP contribution < -0.4 is 22.1 Å². The Kier molecular flexibility index (Phi) is 5.92. The van der Waals surface area contributed by atoms with Crippen LogP contribution in [0, 0.1) is 17.7 Å². The van der Waals surface area contributed by atoms with Crippen LogP contribution in [0.1, 0.15) is 16.7 Å². The van der Waals surface area contributed by atoms with E-state index in [1.165, 1.54) is 18.5 Å². The van der Waals surface area contributed by atoms with Gasteiger partial charge in [-0.2, -0.15) is 13.2 Å². The lowest BCUT2D eigenvalue weighted by molar-refractivity contribution is -0.137. The molecule has 11 heteroatoms. The van der Waals surface area contributed by atoms with E-state index in [1.807, 2.05) is 0 Å². The largest absolute Gasteiger partial charge is 0.416 e. The Labute approximate surface area is 173 Å². The van der Waals surface area contributed by atoms with Crippen LogP contribution in [-0.4, -0.2) is 16.0 Å². The van der Waals surface area contributed by atoms with E-state index in [-0.39, 0.29) is 17.2 Å². The topological polar surface area (TPSA) is 119 Å². The minimum absolute atomic E-state index is 0.136. The van der Waals surface area contributed by atoms with Gasteiger partial charge in [0.25, 0.3) is 0 Å². The second kappa shape index (κ2) is 8.58. The van der Waals surface area contributed by atoms with Gasteiger partial charge in [-0.25, -0.2) is 19.2 Å². The molecule has 31 heavy (non-hydrogen) atoms. The van der Waals surface area contributed by atoms with Crippen LogP contribution in [0.25, 0.3) is 0 Å². The predicted molar refractivity (Wildman–Crippen MR) is 107 cm³/mol. The lowest BCUT2D eigenvalue weighted by atomic mass is 10.2. The lowest BCUT2D eigenvalue weighted by Gasteiger charge is -2.11. The summed E-state index contributed by atoms with van der Waals surface area (Å²) in [5.74, 6) is 4.84. The van der Waals surface area contributed by atoms with Gasteiger partial charge in [0.2, 0.25) is 0 Å². The van der Waals surface area contributed by atoms with Crippen molar-refractivity contribution in [3.8, 4) is 11.8 Å². The second-order valence-electron chi connectivity index (χ2n) is 6.12. The molecular weight excluding hydrogens is 416 g/mol. The van der Waals surface area contributed by atoms with Gasteiger partial charge >= 0.3 is 12.2 Å². The van der Waals surface area contributed by atoms with E-state index in [2.05, 4.69) is 32.4 Å². The molecule has 2 amide bonds. The van der Waals surface area contributed by atoms with Crippen molar-refractivity contribution in [3.63, 3.8) is 0 Å². The van der Waals surface area contributed by atoms with Crippen LogP contribution in [0.2, 0.25) is 0 Å². The molecule has 0 atom stereocenters. The molecule has 0 saturated carbocycles. The van der Waals surface area contributed by atoms with Gasteiger partial charge in [0.1, 0.15) is 29.3 Å². The maximum Gasteiger partial charge on any atom is 0.416 e. The number of hydrogen-bond donors (Lipinski definition) is 4. The summed E-state index contributed by atoms with van der Waals surface area (Å²) in [7, 11) is 0. The number of carbonyl (C=O) groups excluding carboxylic acids is 1. The number of hydrogen-bond acceptors (Lipinski definition) is 5. The van der Waals surface area contributed by atoms with Gasteiger partial charge in [0.05, 0.1) is 11.3 Å². The number of urea groups is 1. The normalized spacial score (nSPS) is 10.7. The third kappa shape index (κ3) is 5.39. The fraction of sp³-hybridized carbons (Fsp3) is 0.0500. The summed E-state index contributed by atoms with van der Waals surface area (Å²) in [6.07, 6.45) is -3.45. The van der Waals surface area contributed by atoms with Gasteiger partial charge in [0, 0.05) is 11.3 Å². The molecule has 0 fully saturated rings. The van der Waals surface area contributed by atoms with Crippen molar-refractivity contribution in [2.75, 3.05) is 22.1 Å². The van der Waals surface area contributed by atoms with Gasteiger partial charge < -0.3 is 22.1 Å². The first-order valence-corrected chi connectivity index (χ1v) is 8.56. The fourth-order valence-electron chi connectivity index (χ4n) is 2.40. The number of halogens is 4. The van der Waals surface area contributed by atoms with Crippen molar-refractivity contribution in [3.05, 3.63) is 71.3 Å². The highest BCUT2D eigenvalue weighted by Gasteiger charge is 2.31. The summed E-state index contributed by atoms with van der Waals surface area (Å²) in [5.41, 5.74) is 10.8. The Balaban J connectivity index is 1.68. The quantitative estimate of drug-likeness (QED) is 0.364. The number of nitrogens with one attached hydrogen (secondary N) is 2. The number of nitrogens with two attached hydrogens (primary N) is 2. The molecule has 3 rings (SSSR count). The Morgan fingerprint density at radius 1 is 0.935 bits per heavy atom. The lowest BCUT2D eigenvalue weighted by Crippen LogP contribution is -2.20. The molecule has 2 aromatic carbocycles. The number of nitrogens with zero attached hydrogens (tertiary/aromatic N) is 2. The van der Waals surface area contributed by atoms with Crippen molar-refractivity contribution < 1.29 is 22.4 Å². The molecule has 1 heterocycles. The Hall–Kier alpha value is -4.33. The molecular formula is C20H14F4N6O. The smallest absolute Gasteiger partial charge is 0.382 e.